The van der Waals surface area contributed by atoms with E-state index < -0.39 is 5.97 Å². The highest BCUT2D eigenvalue weighted by atomic mass is 16.5. The maximum atomic E-state index is 10.5. The van der Waals surface area contributed by atoms with Gasteiger partial charge in [0.25, 0.3) is 0 Å². The van der Waals surface area contributed by atoms with Crippen molar-refractivity contribution in [3.05, 3.63) is 60.2 Å². The lowest BCUT2D eigenvalue weighted by molar-refractivity contribution is -0.134. The van der Waals surface area contributed by atoms with Gasteiger partial charge >= 0.3 is 5.97 Å². The highest BCUT2D eigenvalue weighted by Gasteiger charge is 2.00. The summed E-state index contributed by atoms with van der Waals surface area (Å²) < 4.78 is 5.65. The molecule has 0 amide bonds. The van der Waals surface area contributed by atoms with Crippen LogP contribution in [0.2, 0.25) is 0 Å². The normalized spacial score (nSPS) is 9.89. The maximum Gasteiger partial charge on any atom is 0.322 e. The molecule has 0 fully saturated rings. The standard InChI is InChI=1S/C15H15NO3/c17-15(18)10-16-13-7-4-8-14(9-13)19-11-12-5-2-1-3-6-12/h1-9,16H,10-11H2,(H,17,18). The van der Waals surface area contributed by atoms with Gasteiger partial charge in [-0.2, -0.15) is 0 Å². The van der Waals surface area contributed by atoms with Gasteiger partial charge in [0, 0.05) is 11.8 Å². The average molecular weight is 257 g/mol. The molecule has 0 spiro atoms. The van der Waals surface area contributed by atoms with Gasteiger partial charge in [-0.3, -0.25) is 4.79 Å². The van der Waals surface area contributed by atoms with Gasteiger partial charge < -0.3 is 15.2 Å². The van der Waals surface area contributed by atoms with Crippen LogP contribution in [0.1, 0.15) is 5.56 Å². The predicted octanol–water partition coefficient (Wildman–Crippen LogP) is 2.76. The summed E-state index contributed by atoms with van der Waals surface area (Å²) in [6, 6.07) is 17.1. The third-order valence-electron chi connectivity index (χ3n) is 2.53. The summed E-state index contributed by atoms with van der Waals surface area (Å²) in [7, 11) is 0. The first-order valence-electron chi connectivity index (χ1n) is 5.96. The number of hydrogen-bond donors (Lipinski definition) is 2. The molecular formula is C15H15NO3. The molecule has 0 aliphatic rings. The molecule has 0 bridgehead atoms. The molecule has 2 aromatic carbocycles. The van der Waals surface area contributed by atoms with E-state index in [2.05, 4.69) is 5.32 Å². The van der Waals surface area contributed by atoms with E-state index >= 15 is 0 Å². The first kappa shape index (κ1) is 13.0. The molecule has 2 aromatic rings. The lowest BCUT2D eigenvalue weighted by Crippen LogP contribution is -2.12. The Balaban J connectivity index is 1.93. The van der Waals surface area contributed by atoms with E-state index in [0.29, 0.717) is 12.4 Å². The Kier molecular flexibility index (Phi) is 4.39. The Hall–Kier alpha value is -2.49. The second kappa shape index (κ2) is 6.44. The number of benzene rings is 2. The maximum absolute atomic E-state index is 10.5. The molecule has 0 unspecified atom stereocenters. The van der Waals surface area contributed by atoms with Gasteiger partial charge in [-0.25, -0.2) is 0 Å². The lowest BCUT2D eigenvalue weighted by Gasteiger charge is -2.08. The second-order valence-electron chi connectivity index (χ2n) is 4.05. The smallest absolute Gasteiger partial charge is 0.322 e. The number of aliphatic carboxylic acids is 1. The first-order valence-corrected chi connectivity index (χ1v) is 5.96. The van der Waals surface area contributed by atoms with Crippen molar-refractivity contribution in [3.63, 3.8) is 0 Å². The molecule has 0 saturated carbocycles. The topological polar surface area (TPSA) is 58.6 Å². The number of carbonyl (C=O) groups is 1. The van der Waals surface area contributed by atoms with Crippen LogP contribution in [-0.4, -0.2) is 17.6 Å². The van der Waals surface area contributed by atoms with E-state index in [1.807, 2.05) is 42.5 Å². The van der Waals surface area contributed by atoms with Gasteiger partial charge in [0.15, 0.2) is 0 Å². The number of ether oxygens (including phenoxy) is 1. The molecule has 0 aromatic heterocycles. The summed E-state index contributed by atoms with van der Waals surface area (Å²) in [5.41, 5.74) is 1.82. The Morgan fingerprint density at radius 3 is 2.63 bits per heavy atom. The van der Waals surface area contributed by atoms with E-state index in [1.165, 1.54) is 0 Å². The molecule has 0 radical (unpaired) electrons. The van der Waals surface area contributed by atoms with E-state index in [-0.39, 0.29) is 6.54 Å². The minimum absolute atomic E-state index is 0.109. The van der Waals surface area contributed by atoms with Crippen LogP contribution in [0.3, 0.4) is 0 Å². The number of hydrogen-bond acceptors (Lipinski definition) is 3. The summed E-state index contributed by atoms with van der Waals surface area (Å²) >= 11 is 0. The first-order chi connectivity index (χ1) is 9.24. The third kappa shape index (κ3) is 4.35. The highest BCUT2D eigenvalue weighted by Crippen LogP contribution is 2.18. The fourth-order valence-corrected chi connectivity index (χ4v) is 1.61. The summed E-state index contributed by atoms with van der Waals surface area (Å²) in [5, 5.41) is 11.4. The quantitative estimate of drug-likeness (QED) is 0.835. The van der Waals surface area contributed by atoms with Crippen molar-refractivity contribution in [1.29, 1.82) is 0 Å². The Morgan fingerprint density at radius 2 is 1.89 bits per heavy atom. The van der Waals surface area contributed by atoms with Gasteiger partial charge in [-0.05, 0) is 17.7 Å². The largest absolute Gasteiger partial charge is 0.489 e. The van der Waals surface area contributed by atoms with Crippen LogP contribution in [0.4, 0.5) is 5.69 Å². The van der Waals surface area contributed by atoms with E-state index in [0.717, 1.165) is 11.3 Å². The zero-order chi connectivity index (χ0) is 13.5. The minimum Gasteiger partial charge on any atom is -0.489 e. The van der Waals surface area contributed by atoms with Crippen LogP contribution in [0.25, 0.3) is 0 Å². The summed E-state index contributed by atoms with van der Waals surface area (Å²) in [4.78, 5) is 10.5. The van der Waals surface area contributed by atoms with Crippen molar-refractivity contribution in [3.8, 4) is 5.75 Å². The molecule has 0 aliphatic heterocycles. The molecule has 2 rings (SSSR count). The number of nitrogens with one attached hydrogen (secondary N) is 1. The van der Waals surface area contributed by atoms with Crippen LogP contribution in [-0.2, 0) is 11.4 Å². The number of carboxylic acids is 1. The minimum atomic E-state index is -0.893. The average Bonchev–Trinajstić information content (AvgIpc) is 2.44. The Bertz CT molecular complexity index is 540. The number of rotatable bonds is 6. The van der Waals surface area contributed by atoms with Crippen LogP contribution in [0, 0.1) is 0 Å². The van der Waals surface area contributed by atoms with Crippen molar-refractivity contribution in [2.75, 3.05) is 11.9 Å². The fraction of sp³-hybridized carbons (Fsp3) is 0.133. The summed E-state index contributed by atoms with van der Waals surface area (Å²) in [6.07, 6.45) is 0. The monoisotopic (exact) mass is 257 g/mol. The molecule has 0 atom stereocenters. The molecule has 98 valence electrons. The highest BCUT2D eigenvalue weighted by molar-refractivity contribution is 5.72. The van der Waals surface area contributed by atoms with Gasteiger partial charge in [0.05, 0.1) is 0 Å². The van der Waals surface area contributed by atoms with Gasteiger partial charge in [-0.1, -0.05) is 36.4 Å². The van der Waals surface area contributed by atoms with Crippen LogP contribution in [0.5, 0.6) is 5.75 Å². The third-order valence-corrected chi connectivity index (χ3v) is 2.53. The SMILES string of the molecule is O=C(O)CNc1cccc(OCc2ccccc2)c1. The molecule has 4 heteroatoms. The number of carboxylic acid groups (broad SMARTS) is 1. The predicted molar refractivity (Wildman–Crippen MR) is 73.3 cm³/mol. The fourth-order valence-electron chi connectivity index (χ4n) is 1.61. The molecule has 0 heterocycles. The van der Waals surface area contributed by atoms with Crippen LogP contribution >= 0.6 is 0 Å². The lowest BCUT2D eigenvalue weighted by atomic mass is 10.2. The molecule has 19 heavy (non-hydrogen) atoms. The van der Waals surface area contributed by atoms with E-state index in [4.69, 9.17) is 9.84 Å². The molecule has 2 N–H and O–H groups in total. The summed E-state index contributed by atoms with van der Waals surface area (Å²) in [5.74, 6) is -0.185. The molecule has 4 nitrogen and oxygen atoms in total. The molecular weight excluding hydrogens is 242 g/mol. The van der Waals surface area contributed by atoms with Crippen LogP contribution < -0.4 is 10.1 Å². The Labute approximate surface area is 111 Å². The van der Waals surface area contributed by atoms with Gasteiger partial charge in [0.2, 0.25) is 0 Å². The zero-order valence-electron chi connectivity index (χ0n) is 10.4. The van der Waals surface area contributed by atoms with E-state index in [1.54, 1.807) is 12.1 Å². The van der Waals surface area contributed by atoms with Crippen molar-refractivity contribution in [2.45, 2.75) is 6.61 Å². The van der Waals surface area contributed by atoms with Crippen molar-refractivity contribution < 1.29 is 14.6 Å². The van der Waals surface area contributed by atoms with Crippen molar-refractivity contribution >= 4 is 11.7 Å². The van der Waals surface area contributed by atoms with E-state index in [9.17, 15) is 4.79 Å². The van der Waals surface area contributed by atoms with Crippen LogP contribution in [0.15, 0.2) is 54.6 Å². The zero-order valence-corrected chi connectivity index (χ0v) is 10.4. The summed E-state index contributed by atoms with van der Waals surface area (Å²) in [6.45, 7) is 0.380. The van der Waals surface area contributed by atoms with Crippen molar-refractivity contribution in [2.24, 2.45) is 0 Å². The van der Waals surface area contributed by atoms with Gasteiger partial charge in [0.1, 0.15) is 18.9 Å². The molecule has 0 aliphatic carbocycles. The molecule has 0 saturated heterocycles. The number of anilines is 1. The van der Waals surface area contributed by atoms with Gasteiger partial charge in [-0.15, -0.1) is 0 Å². The van der Waals surface area contributed by atoms with Crippen molar-refractivity contribution in [1.82, 2.24) is 0 Å². The Morgan fingerprint density at radius 1 is 1.11 bits per heavy atom. The second-order valence-corrected chi connectivity index (χ2v) is 4.05.